The Morgan fingerprint density at radius 3 is 2.56 bits per heavy atom. The minimum atomic E-state index is -0.636. The van der Waals surface area contributed by atoms with Crippen LogP contribution in [0.5, 0.6) is 0 Å². The van der Waals surface area contributed by atoms with Crippen LogP contribution < -0.4 is 5.32 Å². The van der Waals surface area contributed by atoms with Gasteiger partial charge in [-0.05, 0) is 13.0 Å². The second kappa shape index (κ2) is 5.01. The Labute approximate surface area is 91.4 Å². The number of para-hydroxylation sites is 1. The number of Topliss-reactive ketones (excluding diaryl/α,β-unsaturated/α-hetero) is 1. The summed E-state index contributed by atoms with van der Waals surface area (Å²) in [5, 5.41) is 12.9. The predicted octanol–water partition coefficient (Wildman–Crippen LogP) is 0.914. The molecule has 0 aromatic heterocycles. The molecular formula is C10H10N2O4. The summed E-state index contributed by atoms with van der Waals surface area (Å²) >= 11 is 0. The van der Waals surface area contributed by atoms with Gasteiger partial charge >= 0.3 is 0 Å². The van der Waals surface area contributed by atoms with Gasteiger partial charge in [-0.1, -0.05) is 12.1 Å². The molecule has 0 saturated carbocycles. The van der Waals surface area contributed by atoms with Crippen LogP contribution in [0.15, 0.2) is 24.3 Å². The maximum absolute atomic E-state index is 11.5. The van der Waals surface area contributed by atoms with Crippen LogP contribution in [0.2, 0.25) is 0 Å². The van der Waals surface area contributed by atoms with E-state index < -0.39 is 10.8 Å². The minimum Gasteiger partial charge on any atom is -0.345 e. The third-order valence-corrected chi connectivity index (χ3v) is 1.84. The van der Waals surface area contributed by atoms with E-state index in [2.05, 4.69) is 5.32 Å². The fourth-order valence-electron chi connectivity index (χ4n) is 1.12. The number of carbonyl (C=O) groups excluding carboxylic acids is 2. The van der Waals surface area contributed by atoms with Crippen molar-refractivity contribution < 1.29 is 14.5 Å². The van der Waals surface area contributed by atoms with Gasteiger partial charge in [-0.15, -0.1) is 0 Å². The lowest BCUT2D eigenvalue weighted by atomic mass is 10.1. The van der Waals surface area contributed by atoms with Crippen molar-refractivity contribution in [2.75, 3.05) is 6.54 Å². The van der Waals surface area contributed by atoms with Crippen molar-refractivity contribution >= 4 is 17.4 Å². The van der Waals surface area contributed by atoms with Crippen LogP contribution in [0.1, 0.15) is 17.3 Å². The smallest absolute Gasteiger partial charge is 0.282 e. The Bertz CT molecular complexity index is 442. The van der Waals surface area contributed by atoms with E-state index in [1.165, 1.54) is 31.2 Å². The van der Waals surface area contributed by atoms with Crippen molar-refractivity contribution in [2.24, 2.45) is 0 Å². The first-order chi connectivity index (χ1) is 7.52. The van der Waals surface area contributed by atoms with Crippen LogP contribution in [-0.4, -0.2) is 23.2 Å². The van der Waals surface area contributed by atoms with E-state index >= 15 is 0 Å². The van der Waals surface area contributed by atoms with E-state index in [0.717, 1.165) is 0 Å². The number of hydrogen-bond acceptors (Lipinski definition) is 4. The average molecular weight is 222 g/mol. The lowest BCUT2D eigenvalue weighted by Crippen LogP contribution is -2.28. The van der Waals surface area contributed by atoms with Crippen LogP contribution >= 0.6 is 0 Å². The van der Waals surface area contributed by atoms with Crippen molar-refractivity contribution in [2.45, 2.75) is 6.92 Å². The molecule has 0 heterocycles. The third kappa shape index (κ3) is 2.88. The molecule has 84 valence electrons. The predicted molar refractivity (Wildman–Crippen MR) is 56.1 cm³/mol. The van der Waals surface area contributed by atoms with E-state index in [0.29, 0.717) is 0 Å². The van der Waals surface area contributed by atoms with Gasteiger partial charge in [-0.2, -0.15) is 0 Å². The molecule has 0 saturated heterocycles. The topological polar surface area (TPSA) is 89.3 Å². The molecule has 1 N–H and O–H groups in total. The molecule has 0 aliphatic rings. The largest absolute Gasteiger partial charge is 0.345 e. The molecule has 1 rings (SSSR count). The summed E-state index contributed by atoms with van der Waals surface area (Å²) in [6.45, 7) is 1.19. The number of nitrogens with one attached hydrogen (secondary N) is 1. The Balaban J connectivity index is 2.90. The zero-order chi connectivity index (χ0) is 12.1. The lowest BCUT2D eigenvalue weighted by Gasteiger charge is -2.03. The van der Waals surface area contributed by atoms with Gasteiger partial charge in [0.05, 0.1) is 11.5 Å². The normalized spacial score (nSPS) is 9.56. The number of rotatable bonds is 4. The highest BCUT2D eigenvalue weighted by molar-refractivity contribution is 5.99. The molecule has 16 heavy (non-hydrogen) atoms. The summed E-state index contributed by atoms with van der Waals surface area (Å²) in [5.74, 6) is -0.838. The van der Waals surface area contributed by atoms with Crippen molar-refractivity contribution in [3.8, 4) is 0 Å². The highest BCUT2D eigenvalue weighted by Gasteiger charge is 2.18. The van der Waals surface area contributed by atoms with Crippen LogP contribution in [0, 0.1) is 10.1 Å². The van der Waals surface area contributed by atoms with Crippen molar-refractivity contribution in [3.63, 3.8) is 0 Å². The van der Waals surface area contributed by atoms with Gasteiger partial charge in [0.2, 0.25) is 0 Å². The number of nitrogens with zero attached hydrogens (tertiary/aromatic N) is 1. The molecule has 0 aliphatic heterocycles. The molecular weight excluding hydrogens is 212 g/mol. The Morgan fingerprint density at radius 1 is 1.38 bits per heavy atom. The summed E-state index contributed by atoms with van der Waals surface area (Å²) < 4.78 is 0. The summed E-state index contributed by atoms with van der Waals surface area (Å²) in [6, 6.07) is 5.58. The lowest BCUT2D eigenvalue weighted by molar-refractivity contribution is -0.385. The molecule has 0 atom stereocenters. The van der Waals surface area contributed by atoms with Gasteiger partial charge in [-0.25, -0.2) is 0 Å². The van der Waals surface area contributed by atoms with E-state index in [4.69, 9.17) is 0 Å². The van der Waals surface area contributed by atoms with Gasteiger partial charge in [0.1, 0.15) is 11.3 Å². The molecule has 6 heteroatoms. The molecule has 1 aromatic carbocycles. The van der Waals surface area contributed by atoms with E-state index in [1.54, 1.807) is 0 Å². The summed E-state index contributed by atoms with van der Waals surface area (Å²) in [4.78, 5) is 32.1. The maximum Gasteiger partial charge on any atom is 0.282 e. The molecule has 0 spiro atoms. The fourth-order valence-corrected chi connectivity index (χ4v) is 1.12. The first kappa shape index (κ1) is 11.8. The first-order valence-electron chi connectivity index (χ1n) is 4.53. The molecule has 6 nitrogen and oxygen atoms in total. The van der Waals surface area contributed by atoms with Gasteiger partial charge in [0.15, 0.2) is 0 Å². The number of amides is 1. The van der Waals surface area contributed by atoms with E-state index in [1.807, 2.05) is 0 Å². The second-order valence-electron chi connectivity index (χ2n) is 3.16. The van der Waals surface area contributed by atoms with Crippen LogP contribution in [-0.2, 0) is 4.79 Å². The second-order valence-corrected chi connectivity index (χ2v) is 3.16. The highest BCUT2D eigenvalue weighted by atomic mass is 16.6. The number of ketones is 1. The van der Waals surface area contributed by atoms with Gasteiger partial charge in [0.25, 0.3) is 11.6 Å². The molecule has 0 bridgehead atoms. The molecule has 0 aliphatic carbocycles. The van der Waals surface area contributed by atoms with E-state index in [9.17, 15) is 19.7 Å². The summed E-state index contributed by atoms with van der Waals surface area (Å²) in [7, 11) is 0. The van der Waals surface area contributed by atoms with Crippen molar-refractivity contribution in [1.82, 2.24) is 5.32 Å². The maximum atomic E-state index is 11.5. The number of benzene rings is 1. The van der Waals surface area contributed by atoms with Gasteiger partial charge in [-0.3, -0.25) is 19.7 Å². The monoisotopic (exact) mass is 222 g/mol. The zero-order valence-electron chi connectivity index (χ0n) is 8.60. The number of nitro benzene ring substituents is 1. The fraction of sp³-hybridized carbons (Fsp3) is 0.200. The molecule has 0 unspecified atom stereocenters. The number of carbonyl (C=O) groups is 2. The zero-order valence-corrected chi connectivity index (χ0v) is 8.60. The summed E-state index contributed by atoms with van der Waals surface area (Å²) in [5.41, 5.74) is -0.322. The van der Waals surface area contributed by atoms with Crippen LogP contribution in [0.3, 0.4) is 0 Å². The van der Waals surface area contributed by atoms with E-state index in [-0.39, 0.29) is 23.6 Å². The van der Waals surface area contributed by atoms with Crippen molar-refractivity contribution in [3.05, 3.63) is 39.9 Å². The molecule has 0 radical (unpaired) electrons. The van der Waals surface area contributed by atoms with Crippen LogP contribution in [0.4, 0.5) is 5.69 Å². The SMILES string of the molecule is CC(=O)CNC(=O)c1ccccc1[N+](=O)[O-]. The summed E-state index contributed by atoms with van der Waals surface area (Å²) in [6.07, 6.45) is 0. The van der Waals surface area contributed by atoms with Crippen molar-refractivity contribution in [1.29, 1.82) is 0 Å². The average Bonchev–Trinajstić information content (AvgIpc) is 2.25. The third-order valence-electron chi connectivity index (χ3n) is 1.84. The number of nitro groups is 1. The quantitative estimate of drug-likeness (QED) is 0.605. The van der Waals surface area contributed by atoms with Gasteiger partial charge in [0, 0.05) is 6.07 Å². The molecule has 0 fully saturated rings. The van der Waals surface area contributed by atoms with Gasteiger partial charge < -0.3 is 5.32 Å². The Kier molecular flexibility index (Phi) is 3.71. The minimum absolute atomic E-state index is 0.0475. The molecule has 1 amide bonds. The molecule has 1 aromatic rings. The Morgan fingerprint density at radius 2 is 2.00 bits per heavy atom. The Hall–Kier alpha value is -2.24. The standard InChI is InChI=1S/C10H10N2O4/c1-7(13)6-11-10(14)8-4-2-3-5-9(8)12(15)16/h2-5H,6H2,1H3,(H,11,14). The van der Waals surface area contributed by atoms with Crippen LogP contribution in [0.25, 0.3) is 0 Å². The first-order valence-corrected chi connectivity index (χ1v) is 4.53. The highest BCUT2D eigenvalue weighted by Crippen LogP contribution is 2.16. The number of hydrogen-bond donors (Lipinski definition) is 1.